The van der Waals surface area contributed by atoms with E-state index in [1.165, 1.54) is 0 Å². The number of aromatic amines is 1. The zero-order chi connectivity index (χ0) is 16.6. The molecule has 0 atom stereocenters. The Kier molecular flexibility index (Phi) is 3.88. The maximum absolute atomic E-state index is 12.7. The molecule has 2 aromatic heterocycles. The van der Waals surface area contributed by atoms with Crippen molar-refractivity contribution in [3.63, 3.8) is 0 Å². The van der Waals surface area contributed by atoms with Crippen LogP contribution in [0.15, 0.2) is 36.4 Å². The third-order valence-corrected chi connectivity index (χ3v) is 3.77. The van der Waals surface area contributed by atoms with Crippen molar-refractivity contribution in [1.29, 1.82) is 0 Å². The minimum absolute atomic E-state index is 0.199. The van der Waals surface area contributed by atoms with Crippen LogP contribution in [0.1, 0.15) is 27.4 Å². The third-order valence-electron chi connectivity index (χ3n) is 3.54. The zero-order valence-corrected chi connectivity index (χ0v) is 13.0. The fourth-order valence-corrected chi connectivity index (χ4v) is 2.72. The predicted molar refractivity (Wildman–Crippen MR) is 84.4 cm³/mol. The predicted octanol–water partition coefficient (Wildman–Crippen LogP) is 2.05. The topological polar surface area (TPSA) is 85.9 Å². The number of hydrogen-bond donors (Lipinski definition) is 1. The van der Waals surface area contributed by atoms with Gasteiger partial charge in [0.05, 0.1) is 5.69 Å². The van der Waals surface area contributed by atoms with Gasteiger partial charge < -0.3 is 14.9 Å². The van der Waals surface area contributed by atoms with Gasteiger partial charge in [-0.15, -0.1) is 0 Å². The average molecular weight is 328 g/mol. The van der Waals surface area contributed by atoms with Gasteiger partial charge in [0.1, 0.15) is 5.69 Å². The number of nitrogens with one attached hydrogen (secondary N) is 1. The first-order valence-corrected chi connectivity index (χ1v) is 7.32. The number of rotatable bonds is 4. The molecule has 5 nitrogen and oxygen atoms in total. The average Bonchev–Trinajstić information content (AvgIpc) is 2.83. The van der Waals surface area contributed by atoms with Crippen LogP contribution in [0.5, 0.6) is 0 Å². The van der Waals surface area contributed by atoms with Crippen molar-refractivity contribution in [2.45, 2.75) is 13.3 Å². The number of carbonyl (C=O) groups is 2. The Balaban J connectivity index is 2.19. The Morgan fingerprint density at radius 3 is 2.74 bits per heavy atom. The van der Waals surface area contributed by atoms with Gasteiger partial charge in [0, 0.05) is 34.0 Å². The van der Waals surface area contributed by atoms with Crippen molar-refractivity contribution in [3.8, 4) is 0 Å². The molecule has 23 heavy (non-hydrogen) atoms. The van der Waals surface area contributed by atoms with Crippen LogP contribution in [-0.2, 0) is 11.2 Å². The highest BCUT2D eigenvalue weighted by Crippen LogP contribution is 2.27. The molecule has 0 saturated carbocycles. The number of fused-ring (bicyclic) bond motifs is 1. The van der Waals surface area contributed by atoms with E-state index in [2.05, 4.69) is 9.97 Å². The fourth-order valence-electron chi connectivity index (χ4n) is 2.55. The van der Waals surface area contributed by atoms with E-state index in [0.29, 0.717) is 27.2 Å². The summed E-state index contributed by atoms with van der Waals surface area (Å²) < 4.78 is 0. The molecule has 1 aromatic carbocycles. The number of nitrogens with zero attached hydrogens (tertiary/aromatic N) is 1. The molecule has 0 aliphatic heterocycles. The first kappa shape index (κ1) is 15.2. The summed E-state index contributed by atoms with van der Waals surface area (Å²) in [6, 6.07) is 10.1. The lowest BCUT2D eigenvalue weighted by Gasteiger charge is -2.05. The molecule has 116 valence electrons. The van der Waals surface area contributed by atoms with E-state index in [4.69, 9.17) is 11.6 Å². The summed E-state index contributed by atoms with van der Waals surface area (Å²) in [6.07, 6.45) is -0.367. The highest BCUT2D eigenvalue weighted by atomic mass is 35.5. The molecular weight excluding hydrogens is 316 g/mol. The van der Waals surface area contributed by atoms with E-state index in [9.17, 15) is 14.7 Å². The van der Waals surface area contributed by atoms with Crippen LogP contribution < -0.4 is 5.11 Å². The normalized spacial score (nSPS) is 10.9. The van der Waals surface area contributed by atoms with E-state index in [0.717, 1.165) is 0 Å². The first-order chi connectivity index (χ1) is 11.0. The van der Waals surface area contributed by atoms with Crippen LogP contribution >= 0.6 is 11.6 Å². The number of halogens is 1. The molecule has 0 aliphatic carbocycles. The maximum atomic E-state index is 12.7. The second-order valence-electron chi connectivity index (χ2n) is 5.21. The highest BCUT2D eigenvalue weighted by Gasteiger charge is 2.20. The lowest BCUT2D eigenvalue weighted by Crippen LogP contribution is -2.25. The molecule has 0 unspecified atom stereocenters. The van der Waals surface area contributed by atoms with Gasteiger partial charge in [0.2, 0.25) is 5.78 Å². The number of benzene rings is 1. The Bertz CT molecular complexity index is 931. The molecule has 0 saturated heterocycles. The second-order valence-corrected chi connectivity index (χ2v) is 5.65. The molecular formula is C17H12ClN2O3-. The Hall–Kier alpha value is -2.66. The largest absolute Gasteiger partial charge is 0.550 e. The number of ketones is 1. The van der Waals surface area contributed by atoms with Gasteiger partial charge >= 0.3 is 0 Å². The quantitative estimate of drug-likeness (QED) is 0.743. The number of aryl methyl sites for hydroxylation is 1. The number of aliphatic carboxylic acids is 1. The van der Waals surface area contributed by atoms with Crippen molar-refractivity contribution in [3.05, 3.63) is 64.1 Å². The number of carbonyl (C=O) groups excluding carboxylic acids is 2. The Morgan fingerprint density at radius 1 is 1.26 bits per heavy atom. The minimum atomic E-state index is -1.26. The molecule has 0 aliphatic rings. The fraction of sp³-hybridized carbons (Fsp3) is 0.118. The number of aromatic nitrogens is 2. The molecule has 0 amide bonds. The second kappa shape index (κ2) is 5.85. The molecule has 0 radical (unpaired) electrons. The molecule has 0 fully saturated rings. The number of H-pyrrole nitrogens is 1. The van der Waals surface area contributed by atoms with Crippen molar-refractivity contribution < 1.29 is 14.7 Å². The van der Waals surface area contributed by atoms with Gasteiger partial charge in [-0.25, -0.2) is 4.98 Å². The molecule has 0 spiro atoms. The van der Waals surface area contributed by atoms with Gasteiger partial charge in [-0.3, -0.25) is 4.79 Å². The van der Waals surface area contributed by atoms with Gasteiger partial charge in [0.25, 0.3) is 0 Å². The van der Waals surface area contributed by atoms with E-state index in [1.54, 1.807) is 43.3 Å². The maximum Gasteiger partial charge on any atom is 0.227 e. The van der Waals surface area contributed by atoms with E-state index in [1.807, 2.05) is 0 Å². The lowest BCUT2D eigenvalue weighted by molar-refractivity contribution is -0.304. The summed E-state index contributed by atoms with van der Waals surface area (Å²) in [5.74, 6) is -1.62. The number of carboxylic acids is 1. The van der Waals surface area contributed by atoms with Gasteiger partial charge in [-0.1, -0.05) is 23.7 Å². The van der Waals surface area contributed by atoms with E-state index in [-0.39, 0.29) is 23.6 Å². The van der Waals surface area contributed by atoms with Gasteiger partial charge in [0.15, 0.2) is 0 Å². The first-order valence-electron chi connectivity index (χ1n) is 6.94. The summed E-state index contributed by atoms with van der Waals surface area (Å²) in [7, 11) is 0. The van der Waals surface area contributed by atoms with Crippen molar-refractivity contribution in [2.75, 3.05) is 0 Å². The van der Waals surface area contributed by atoms with Crippen molar-refractivity contribution in [1.82, 2.24) is 9.97 Å². The summed E-state index contributed by atoms with van der Waals surface area (Å²) in [5, 5.41) is 12.2. The van der Waals surface area contributed by atoms with Crippen molar-refractivity contribution in [2.24, 2.45) is 0 Å². The Labute approximate surface area is 136 Å². The van der Waals surface area contributed by atoms with Crippen LogP contribution in [0.2, 0.25) is 5.02 Å². The molecule has 1 N–H and O–H groups in total. The molecule has 6 heteroatoms. The summed E-state index contributed by atoms with van der Waals surface area (Å²) in [6.45, 7) is 1.78. The minimum Gasteiger partial charge on any atom is -0.550 e. The summed E-state index contributed by atoms with van der Waals surface area (Å²) in [5.41, 5.74) is 2.14. The standard InChI is InChI=1S/C17H13ClN2O3/c1-9-3-2-4-13(19-9)17(23)16-12(8-15(21)22)11-6-5-10(18)7-14(11)20-16/h2-7,20H,8H2,1H3,(H,21,22)/p-1. The van der Waals surface area contributed by atoms with Crippen LogP contribution in [0.25, 0.3) is 10.9 Å². The van der Waals surface area contributed by atoms with Crippen LogP contribution in [-0.4, -0.2) is 21.7 Å². The monoisotopic (exact) mass is 327 g/mol. The third kappa shape index (κ3) is 2.96. The number of pyridine rings is 1. The van der Waals surface area contributed by atoms with Crippen molar-refractivity contribution >= 4 is 34.3 Å². The van der Waals surface area contributed by atoms with E-state index < -0.39 is 5.97 Å². The SMILES string of the molecule is Cc1cccc(C(=O)c2[nH]c3cc(Cl)ccc3c2CC(=O)[O-])n1. The van der Waals surface area contributed by atoms with Gasteiger partial charge in [-0.2, -0.15) is 0 Å². The molecule has 0 bridgehead atoms. The molecule has 3 aromatic rings. The zero-order valence-electron chi connectivity index (χ0n) is 12.2. The van der Waals surface area contributed by atoms with Crippen LogP contribution in [0.4, 0.5) is 0 Å². The Morgan fingerprint density at radius 2 is 2.04 bits per heavy atom. The van der Waals surface area contributed by atoms with Crippen LogP contribution in [0.3, 0.4) is 0 Å². The van der Waals surface area contributed by atoms with Crippen LogP contribution in [0, 0.1) is 6.92 Å². The summed E-state index contributed by atoms with van der Waals surface area (Å²) >= 11 is 5.96. The summed E-state index contributed by atoms with van der Waals surface area (Å²) in [4.78, 5) is 30.9. The van der Waals surface area contributed by atoms with E-state index >= 15 is 0 Å². The smallest absolute Gasteiger partial charge is 0.227 e. The molecule has 3 rings (SSSR count). The lowest BCUT2D eigenvalue weighted by atomic mass is 10.0. The molecule has 2 heterocycles. The van der Waals surface area contributed by atoms with Gasteiger partial charge in [-0.05, 0) is 36.8 Å². The number of carboxylic acid groups (broad SMARTS) is 1. The highest BCUT2D eigenvalue weighted by molar-refractivity contribution is 6.31. The number of hydrogen-bond acceptors (Lipinski definition) is 4.